The molecule has 20 heavy (non-hydrogen) atoms. The molecule has 1 atom stereocenters. The van der Waals surface area contributed by atoms with Crippen molar-refractivity contribution >= 4 is 10.9 Å². The van der Waals surface area contributed by atoms with Gasteiger partial charge in [0.15, 0.2) is 0 Å². The molecule has 0 bridgehead atoms. The van der Waals surface area contributed by atoms with E-state index >= 15 is 0 Å². The first-order chi connectivity index (χ1) is 9.70. The molecule has 1 saturated carbocycles. The summed E-state index contributed by atoms with van der Waals surface area (Å²) in [6.07, 6.45) is 9.06. The lowest BCUT2D eigenvalue weighted by Gasteiger charge is -2.29. The lowest BCUT2D eigenvalue weighted by molar-refractivity contribution is 0.308. The second kappa shape index (κ2) is 5.61. The van der Waals surface area contributed by atoms with Crippen molar-refractivity contribution in [1.29, 1.82) is 0 Å². The molecule has 3 N–H and O–H groups in total. The van der Waals surface area contributed by atoms with E-state index < -0.39 is 0 Å². The van der Waals surface area contributed by atoms with Gasteiger partial charge in [-0.15, -0.1) is 0 Å². The van der Waals surface area contributed by atoms with Crippen molar-refractivity contribution < 1.29 is 0 Å². The van der Waals surface area contributed by atoms with E-state index in [0.717, 1.165) is 12.5 Å². The number of aromatic amines is 1. The Morgan fingerprint density at radius 1 is 1.20 bits per heavy atom. The average Bonchev–Trinajstić information content (AvgIpc) is 2.85. The first-order valence-corrected chi connectivity index (χ1v) is 7.99. The Balaban J connectivity index is 2.03. The van der Waals surface area contributed by atoms with Gasteiger partial charge in [-0.05, 0) is 61.9 Å². The van der Waals surface area contributed by atoms with Crippen LogP contribution in [0, 0.1) is 19.8 Å². The minimum absolute atomic E-state index is 0.519. The molecule has 1 aliphatic rings. The van der Waals surface area contributed by atoms with E-state index in [1.165, 1.54) is 59.7 Å². The maximum absolute atomic E-state index is 6.15. The number of aryl methyl sites for hydroxylation is 2. The summed E-state index contributed by atoms with van der Waals surface area (Å²) in [6.45, 7) is 5.15. The number of hydrogen-bond donors (Lipinski definition) is 2. The molecule has 0 aliphatic heterocycles. The van der Waals surface area contributed by atoms with Gasteiger partial charge in [0.05, 0.1) is 0 Å². The minimum Gasteiger partial charge on any atom is -0.361 e. The molecule has 2 aromatic rings. The summed E-state index contributed by atoms with van der Waals surface area (Å²) in [5.74, 6) is 1.29. The quantitative estimate of drug-likeness (QED) is 0.852. The zero-order chi connectivity index (χ0) is 14.1. The number of aromatic nitrogens is 1. The fourth-order valence-electron chi connectivity index (χ4n) is 4.09. The van der Waals surface area contributed by atoms with E-state index in [1.54, 1.807) is 0 Å². The van der Waals surface area contributed by atoms with Crippen LogP contribution >= 0.6 is 0 Å². The van der Waals surface area contributed by atoms with Gasteiger partial charge >= 0.3 is 0 Å². The summed E-state index contributed by atoms with van der Waals surface area (Å²) in [4.78, 5) is 3.47. The van der Waals surface area contributed by atoms with Crippen LogP contribution in [-0.4, -0.2) is 11.5 Å². The van der Waals surface area contributed by atoms with Crippen molar-refractivity contribution in [3.63, 3.8) is 0 Å². The van der Waals surface area contributed by atoms with Gasteiger partial charge in [-0.2, -0.15) is 0 Å². The number of fused-ring (bicyclic) bond motifs is 1. The highest BCUT2D eigenvalue weighted by Gasteiger charge is 2.26. The normalized spacial score (nSPS) is 18.6. The fraction of sp³-hybridized carbons (Fsp3) is 0.556. The lowest BCUT2D eigenvalue weighted by atomic mass is 9.76. The highest BCUT2D eigenvalue weighted by Crippen LogP contribution is 2.39. The third-order valence-corrected chi connectivity index (χ3v) is 5.02. The summed E-state index contributed by atoms with van der Waals surface area (Å²) in [7, 11) is 0. The lowest BCUT2D eigenvalue weighted by Crippen LogP contribution is -2.23. The summed E-state index contributed by atoms with van der Waals surface area (Å²) in [5.41, 5.74) is 11.6. The first kappa shape index (κ1) is 13.7. The molecule has 2 heteroatoms. The minimum atomic E-state index is 0.519. The van der Waals surface area contributed by atoms with Crippen molar-refractivity contribution in [3.8, 4) is 0 Å². The van der Waals surface area contributed by atoms with Gasteiger partial charge in [-0.1, -0.05) is 25.3 Å². The van der Waals surface area contributed by atoms with Gasteiger partial charge in [0, 0.05) is 23.0 Å². The number of nitrogens with two attached hydrogens (primary N) is 1. The van der Waals surface area contributed by atoms with E-state index in [-0.39, 0.29) is 0 Å². The molecule has 2 nitrogen and oxygen atoms in total. The van der Waals surface area contributed by atoms with Crippen molar-refractivity contribution in [3.05, 3.63) is 35.0 Å². The third kappa shape index (κ3) is 2.37. The highest BCUT2D eigenvalue weighted by atomic mass is 14.7. The topological polar surface area (TPSA) is 41.8 Å². The Morgan fingerprint density at radius 3 is 2.65 bits per heavy atom. The molecule has 108 valence electrons. The molecule has 0 radical (unpaired) electrons. The first-order valence-electron chi connectivity index (χ1n) is 7.99. The molecule has 1 aromatic heterocycles. The highest BCUT2D eigenvalue weighted by molar-refractivity contribution is 5.87. The maximum Gasteiger partial charge on any atom is 0.0462 e. The van der Waals surface area contributed by atoms with Gasteiger partial charge in [0.25, 0.3) is 0 Å². The van der Waals surface area contributed by atoms with E-state index in [2.05, 4.69) is 37.2 Å². The molecule has 0 spiro atoms. The Labute approximate surface area is 121 Å². The summed E-state index contributed by atoms with van der Waals surface area (Å²) in [5, 5.41) is 1.41. The van der Waals surface area contributed by atoms with E-state index in [9.17, 15) is 0 Å². The van der Waals surface area contributed by atoms with Crippen LogP contribution < -0.4 is 5.73 Å². The maximum atomic E-state index is 6.15. The Morgan fingerprint density at radius 2 is 1.95 bits per heavy atom. The number of H-pyrrole nitrogens is 1. The van der Waals surface area contributed by atoms with Crippen molar-refractivity contribution in [2.45, 2.75) is 51.9 Å². The van der Waals surface area contributed by atoms with Crippen molar-refractivity contribution in [2.24, 2.45) is 11.7 Å². The molecule has 1 aromatic carbocycles. The summed E-state index contributed by atoms with van der Waals surface area (Å²) >= 11 is 0. The van der Waals surface area contributed by atoms with Crippen LogP contribution in [0.3, 0.4) is 0 Å². The van der Waals surface area contributed by atoms with E-state index in [1.807, 2.05) is 0 Å². The number of rotatable bonds is 3. The molecule has 0 amide bonds. The van der Waals surface area contributed by atoms with Crippen molar-refractivity contribution in [1.82, 2.24) is 4.98 Å². The molecule has 1 heterocycles. The summed E-state index contributed by atoms with van der Waals surface area (Å²) < 4.78 is 0. The van der Waals surface area contributed by atoms with E-state index in [4.69, 9.17) is 5.73 Å². The number of nitrogens with one attached hydrogen (secondary N) is 1. The van der Waals surface area contributed by atoms with Crippen LogP contribution in [0.4, 0.5) is 0 Å². The predicted octanol–water partition coefficient (Wildman–Crippen LogP) is 4.41. The third-order valence-electron chi connectivity index (χ3n) is 5.02. The Bertz CT molecular complexity index is 591. The number of benzene rings is 1. The molecule has 0 saturated heterocycles. The average molecular weight is 270 g/mol. The Hall–Kier alpha value is -1.28. The van der Waals surface area contributed by atoms with Gasteiger partial charge < -0.3 is 10.7 Å². The van der Waals surface area contributed by atoms with Gasteiger partial charge in [-0.3, -0.25) is 0 Å². The van der Waals surface area contributed by atoms with Gasteiger partial charge in [0.2, 0.25) is 0 Å². The molecule has 1 aliphatic carbocycles. The van der Waals surface area contributed by atoms with Crippen LogP contribution in [0.25, 0.3) is 10.9 Å². The second-order valence-corrected chi connectivity index (χ2v) is 6.49. The molecule has 1 unspecified atom stereocenters. The van der Waals surface area contributed by atoms with Gasteiger partial charge in [-0.25, -0.2) is 0 Å². The standard InChI is InChI=1S/C18H26N2/c1-12-8-13(2)18-16(11-20-17(18)9-12)15(10-19)14-6-4-3-5-7-14/h8-9,11,14-15,20H,3-7,10,19H2,1-2H3. The molecular formula is C18H26N2. The van der Waals surface area contributed by atoms with Crippen molar-refractivity contribution in [2.75, 3.05) is 6.54 Å². The van der Waals surface area contributed by atoms with Gasteiger partial charge in [0.1, 0.15) is 0 Å². The van der Waals surface area contributed by atoms with Crippen LogP contribution in [0.1, 0.15) is 54.7 Å². The Kier molecular flexibility index (Phi) is 3.84. The molecule has 1 fully saturated rings. The predicted molar refractivity (Wildman–Crippen MR) is 86.1 cm³/mol. The van der Waals surface area contributed by atoms with Crippen LogP contribution in [0.15, 0.2) is 18.3 Å². The van der Waals surface area contributed by atoms with Crippen LogP contribution in [0.2, 0.25) is 0 Å². The number of hydrogen-bond acceptors (Lipinski definition) is 1. The monoisotopic (exact) mass is 270 g/mol. The molecular weight excluding hydrogens is 244 g/mol. The van der Waals surface area contributed by atoms with Crippen LogP contribution in [-0.2, 0) is 0 Å². The van der Waals surface area contributed by atoms with Crippen LogP contribution in [0.5, 0.6) is 0 Å². The zero-order valence-electron chi connectivity index (χ0n) is 12.7. The summed E-state index contributed by atoms with van der Waals surface area (Å²) in [6, 6.07) is 4.54. The fourth-order valence-corrected chi connectivity index (χ4v) is 4.09. The SMILES string of the molecule is Cc1cc(C)c2c(C(CN)C3CCCCC3)c[nH]c2c1. The zero-order valence-corrected chi connectivity index (χ0v) is 12.7. The second-order valence-electron chi connectivity index (χ2n) is 6.49. The molecule has 3 rings (SSSR count). The largest absolute Gasteiger partial charge is 0.361 e. The smallest absolute Gasteiger partial charge is 0.0462 e. The van der Waals surface area contributed by atoms with E-state index in [0.29, 0.717) is 5.92 Å².